The van der Waals surface area contributed by atoms with Crippen molar-refractivity contribution in [2.45, 2.75) is 46.3 Å². The number of carbonyl (C=O) groups excluding carboxylic acids is 1. The van der Waals surface area contributed by atoms with E-state index < -0.39 is 0 Å². The third-order valence-electron chi connectivity index (χ3n) is 4.47. The van der Waals surface area contributed by atoms with Crippen LogP contribution in [0.25, 0.3) is 0 Å². The van der Waals surface area contributed by atoms with Crippen LogP contribution < -0.4 is 0 Å². The molecule has 0 N–H and O–H groups in total. The molecule has 0 aliphatic carbocycles. The lowest BCUT2D eigenvalue weighted by atomic mass is 10.2. The van der Waals surface area contributed by atoms with Crippen LogP contribution in [0.5, 0.6) is 0 Å². The van der Waals surface area contributed by atoms with Crippen LogP contribution in [-0.4, -0.2) is 65.4 Å². The minimum absolute atomic E-state index is 0. The van der Waals surface area contributed by atoms with Gasteiger partial charge in [0, 0.05) is 44.8 Å². The van der Waals surface area contributed by atoms with Gasteiger partial charge in [-0.3, -0.25) is 14.6 Å². The Bertz CT molecular complexity index is 477. The summed E-state index contributed by atoms with van der Waals surface area (Å²) < 4.78 is 0. The molecule has 1 aromatic rings. The molecule has 1 heterocycles. The fraction of sp³-hybridized carbons (Fsp3) is 0.632. The third-order valence-corrected chi connectivity index (χ3v) is 4.47. The quantitative estimate of drug-likeness (QED) is 0.786. The average Bonchev–Trinajstić information content (AvgIpc) is 2.49. The number of amides is 1. The van der Waals surface area contributed by atoms with Gasteiger partial charge in [0.1, 0.15) is 0 Å². The predicted molar refractivity (Wildman–Crippen MR) is 103 cm³/mol. The maximum absolute atomic E-state index is 12.5. The Kier molecular flexibility index (Phi) is 8.74. The molecule has 1 saturated heterocycles. The van der Waals surface area contributed by atoms with Crippen molar-refractivity contribution in [1.29, 1.82) is 0 Å². The maximum atomic E-state index is 12.5. The normalized spacial score (nSPS) is 16.2. The molecule has 0 bridgehead atoms. The molecule has 24 heavy (non-hydrogen) atoms. The van der Waals surface area contributed by atoms with Gasteiger partial charge in [-0.05, 0) is 33.3 Å². The second kappa shape index (κ2) is 10.0. The molecule has 2 rings (SSSR count). The summed E-state index contributed by atoms with van der Waals surface area (Å²) >= 11 is 0. The first-order valence-corrected chi connectivity index (χ1v) is 8.77. The van der Waals surface area contributed by atoms with Crippen LogP contribution in [-0.2, 0) is 11.3 Å². The first-order chi connectivity index (χ1) is 11.0. The van der Waals surface area contributed by atoms with Crippen LogP contribution in [0.3, 0.4) is 0 Å². The fourth-order valence-electron chi connectivity index (χ4n) is 3.39. The van der Waals surface area contributed by atoms with Crippen LogP contribution in [0, 0.1) is 0 Å². The minimum Gasteiger partial charge on any atom is -0.337 e. The number of hydrogen-bond acceptors (Lipinski definition) is 3. The molecule has 0 spiro atoms. The molecule has 0 saturated carbocycles. The first-order valence-electron chi connectivity index (χ1n) is 8.77. The van der Waals surface area contributed by atoms with Gasteiger partial charge in [-0.25, -0.2) is 0 Å². The Morgan fingerprint density at radius 1 is 0.958 bits per heavy atom. The molecule has 1 aromatic carbocycles. The summed E-state index contributed by atoms with van der Waals surface area (Å²) in [5.41, 5.74) is 1.36. The average molecular weight is 354 g/mol. The zero-order chi connectivity index (χ0) is 16.8. The summed E-state index contributed by atoms with van der Waals surface area (Å²) in [6.45, 7) is 13.9. The molecule has 1 aliphatic rings. The smallest absolute Gasteiger partial charge is 0.237 e. The molecule has 1 fully saturated rings. The standard InChI is InChI=1S/C19H31N3O.ClH/c1-16(2)22(17(3)4)19(23)15-21-12-10-20(11-13-21)14-18-8-6-5-7-9-18;/h5-9,16-17H,10-15H2,1-4H3;1H. The van der Waals surface area contributed by atoms with Crippen molar-refractivity contribution in [3.8, 4) is 0 Å². The summed E-state index contributed by atoms with van der Waals surface area (Å²) in [5, 5.41) is 0. The zero-order valence-electron chi connectivity index (χ0n) is 15.4. The van der Waals surface area contributed by atoms with E-state index in [0.29, 0.717) is 6.54 Å². The summed E-state index contributed by atoms with van der Waals surface area (Å²) in [4.78, 5) is 19.3. The van der Waals surface area contributed by atoms with Gasteiger partial charge in [-0.1, -0.05) is 30.3 Å². The number of hydrogen-bond donors (Lipinski definition) is 0. The lowest BCUT2D eigenvalue weighted by Crippen LogP contribution is -2.52. The van der Waals surface area contributed by atoms with E-state index >= 15 is 0 Å². The molecular weight excluding hydrogens is 322 g/mol. The van der Waals surface area contributed by atoms with Gasteiger partial charge in [0.15, 0.2) is 0 Å². The number of carbonyl (C=O) groups is 1. The van der Waals surface area contributed by atoms with Crippen LogP contribution in [0.2, 0.25) is 0 Å². The van der Waals surface area contributed by atoms with E-state index in [-0.39, 0.29) is 30.4 Å². The van der Waals surface area contributed by atoms with E-state index in [1.54, 1.807) is 0 Å². The molecule has 0 unspecified atom stereocenters. The number of piperazine rings is 1. The highest BCUT2D eigenvalue weighted by Crippen LogP contribution is 2.10. The van der Waals surface area contributed by atoms with Gasteiger partial charge in [0.25, 0.3) is 0 Å². The lowest BCUT2D eigenvalue weighted by Gasteiger charge is -2.37. The van der Waals surface area contributed by atoms with Crippen molar-refractivity contribution in [3.63, 3.8) is 0 Å². The molecule has 0 aromatic heterocycles. The van der Waals surface area contributed by atoms with Crippen LogP contribution >= 0.6 is 12.4 Å². The number of nitrogens with zero attached hydrogens (tertiary/aromatic N) is 3. The Morgan fingerprint density at radius 3 is 1.96 bits per heavy atom. The fourth-order valence-corrected chi connectivity index (χ4v) is 3.39. The van der Waals surface area contributed by atoms with Gasteiger partial charge in [-0.2, -0.15) is 0 Å². The van der Waals surface area contributed by atoms with E-state index in [1.807, 2.05) is 4.90 Å². The SMILES string of the molecule is CC(C)N(C(=O)CN1CCN(Cc2ccccc2)CC1)C(C)C.Cl. The number of halogens is 1. The van der Waals surface area contributed by atoms with Crippen molar-refractivity contribution in [2.24, 2.45) is 0 Å². The monoisotopic (exact) mass is 353 g/mol. The highest BCUT2D eigenvalue weighted by atomic mass is 35.5. The topological polar surface area (TPSA) is 26.8 Å². The molecule has 136 valence electrons. The van der Waals surface area contributed by atoms with Crippen molar-refractivity contribution < 1.29 is 4.79 Å². The molecular formula is C19H32ClN3O. The maximum Gasteiger partial charge on any atom is 0.237 e. The van der Waals surface area contributed by atoms with Crippen molar-refractivity contribution in [1.82, 2.24) is 14.7 Å². The van der Waals surface area contributed by atoms with E-state index in [4.69, 9.17) is 0 Å². The van der Waals surface area contributed by atoms with Crippen LogP contribution in [0.1, 0.15) is 33.3 Å². The molecule has 1 amide bonds. The van der Waals surface area contributed by atoms with Crippen LogP contribution in [0.4, 0.5) is 0 Å². The van der Waals surface area contributed by atoms with Gasteiger partial charge in [0.05, 0.1) is 6.54 Å². The van der Waals surface area contributed by atoms with E-state index in [9.17, 15) is 4.79 Å². The van der Waals surface area contributed by atoms with Crippen molar-refractivity contribution in [3.05, 3.63) is 35.9 Å². The van der Waals surface area contributed by atoms with Gasteiger partial charge >= 0.3 is 0 Å². The van der Waals surface area contributed by atoms with Gasteiger partial charge < -0.3 is 4.90 Å². The molecule has 0 radical (unpaired) electrons. The Labute approximate surface area is 153 Å². The van der Waals surface area contributed by atoms with Crippen molar-refractivity contribution in [2.75, 3.05) is 32.7 Å². The zero-order valence-corrected chi connectivity index (χ0v) is 16.3. The van der Waals surface area contributed by atoms with E-state index in [1.165, 1.54) is 5.56 Å². The molecule has 1 aliphatic heterocycles. The third kappa shape index (κ3) is 6.08. The Hall–Kier alpha value is -1.10. The number of benzene rings is 1. The minimum atomic E-state index is 0. The lowest BCUT2D eigenvalue weighted by molar-refractivity contribution is -0.136. The molecule has 4 nitrogen and oxygen atoms in total. The largest absolute Gasteiger partial charge is 0.337 e. The van der Waals surface area contributed by atoms with Crippen molar-refractivity contribution >= 4 is 18.3 Å². The predicted octanol–water partition coefficient (Wildman–Crippen LogP) is 2.87. The van der Waals surface area contributed by atoms with Gasteiger partial charge in [-0.15, -0.1) is 12.4 Å². The Balaban J connectivity index is 0.00000288. The molecule has 5 heteroatoms. The summed E-state index contributed by atoms with van der Waals surface area (Å²) in [6.07, 6.45) is 0. The molecule has 0 atom stereocenters. The van der Waals surface area contributed by atoms with E-state index in [0.717, 1.165) is 32.7 Å². The summed E-state index contributed by atoms with van der Waals surface area (Å²) in [6, 6.07) is 11.1. The summed E-state index contributed by atoms with van der Waals surface area (Å²) in [5.74, 6) is 0.256. The van der Waals surface area contributed by atoms with Gasteiger partial charge in [0.2, 0.25) is 5.91 Å². The highest BCUT2D eigenvalue weighted by molar-refractivity contribution is 5.85. The highest BCUT2D eigenvalue weighted by Gasteiger charge is 2.24. The Morgan fingerprint density at radius 2 is 1.46 bits per heavy atom. The summed E-state index contributed by atoms with van der Waals surface area (Å²) in [7, 11) is 0. The number of rotatable bonds is 6. The second-order valence-electron chi connectivity index (χ2n) is 7.03. The first kappa shape index (κ1) is 20.9. The van der Waals surface area contributed by atoms with E-state index in [2.05, 4.69) is 67.8 Å². The second-order valence-corrected chi connectivity index (χ2v) is 7.03. The van der Waals surface area contributed by atoms with Crippen LogP contribution in [0.15, 0.2) is 30.3 Å².